The van der Waals surface area contributed by atoms with E-state index in [0.717, 1.165) is 0 Å². The van der Waals surface area contributed by atoms with E-state index in [1.165, 1.54) is 30.3 Å². The molecular formula is C23H30N6O6. The number of imidazole rings is 1. The van der Waals surface area contributed by atoms with Crippen LogP contribution in [0.3, 0.4) is 0 Å². The molecule has 35 heavy (non-hydrogen) atoms. The van der Waals surface area contributed by atoms with Crippen molar-refractivity contribution in [2.24, 2.45) is 5.73 Å². The van der Waals surface area contributed by atoms with E-state index in [4.69, 9.17) is 5.73 Å². The van der Waals surface area contributed by atoms with Gasteiger partial charge in [0.2, 0.25) is 17.7 Å². The number of phenols is 1. The Morgan fingerprint density at radius 1 is 1.17 bits per heavy atom. The standard InChI is InChI=1S/C23H30N6O6/c1-13(27-21(32)17(24)10-15-11-25-12-26-15)20(31)28-18(9-14-4-6-16(30)7-5-14)22(33)29-8-2-3-19(29)23(34)35/h4-7,11-13,17-19,30H,2-3,8-10,24H2,1H3,(H,25,26)(H,27,32)(H,28,31)(H,34,35). The molecule has 1 aliphatic heterocycles. The first kappa shape index (κ1) is 25.7. The lowest BCUT2D eigenvalue weighted by atomic mass is 10.0. The van der Waals surface area contributed by atoms with Gasteiger partial charge in [-0.3, -0.25) is 14.4 Å². The number of aromatic nitrogens is 2. The van der Waals surface area contributed by atoms with E-state index in [1.807, 2.05) is 0 Å². The topological polar surface area (TPSA) is 191 Å². The summed E-state index contributed by atoms with van der Waals surface area (Å²) in [5.41, 5.74) is 7.25. The van der Waals surface area contributed by atoms with Gasteiger partial charge in [-0.2, -0.15) is 0 Å². The molecule has 12 heteroatoms. The van der Waals surface area contributed by atoms with Gasteiger partial charge in [-0.05, 0) is 37.5 Å². The van der Waals surface area contributed by atoms with Crippen molar-refractivity contribution in [3.63, 3.8) is 0 Å². The quantitative estimate of drug-likeness (QED) is 0.254. The van der Waals surface area contributed by atoms with Gasteiger partial charge in [0, 0.05) is 31.3 Å². The van der Waals surface area contributed by atoms with Crippen molar-refractivity contribution in [2.75, 3.05) is 6.54 Å². The molecule has 3 amide bonds. The zero-order valence-electron chi connectivity index (χ0n) is 19.3. The summed E-state index contributed by atoms with van der Waals surface area (Å²) in [6.07, 6.45) is 4.17. The molecule has 1 aromatic heterocycles. The van der Waals surface area contributed by atoms with E-state index in [0.29, 0.717) is 24.1 Å². The maximum absolute atomic E-state index is 13.3. The average molecular weight is 487 g/mol. The zero-order chi connectivity index (χ0) is 25.5. The number of aliphatic carboxylic acids is 1. The number of hydrogen-bond donors (Lipinski definition) is 6. The summed E-state index contributed by atoms with van der Waals surface area (Å²) >= 11 is 0. The second-order valence-electron chi connectivity index (χ2n) is 8.58. The van der Waals surface area contributed by atoms with Gasteiger partial charge in [-0.1, -0.05) is 12.1 Å². The third kappa shape index (κ3) is 6.79. The normalized spacial score (nSPS) is 17.9. The summed E-state index contributed by atoms with van der Waals surface area (Å²) in [4.78, 5) is 58.2. The minimum atomic E-state index is -1.10. The number of H-pyrrole nitrogens is 1. The molecule has 1 aromatic carbocycles. The molecular weight excluding hydrogens is 456 g/mol. The number of hydrogen-bond acceptors (Lipinski definition) is 7. The molecule has 1 saturated heterocycles. The van der Waals surface area contributed by atoms with Gasteiger partial charge in [-0.15, -0.1) is 0 Å². The average Bonchev–Trinajstić information content (AvgIpc) is 3.51. The van der Waals surface area contributed by atoms with E-state index in [2.05, 4.69) is 20.6 Å². The van der Waals surface area contributed by atoms with E-state index in [9.17, 15) is 29.4 Å². The number of phenolic OH excluding ortho intramolecular Hbond substituents is 1. The van der Waals surface area contributed by atoms with Crippen LogP contribution in [0, 0.1) is 0 Å². The van der Waals surface area contributed by atoms with Gasteiger partial charge in [0.05, 0.1) is 12.4 Å². The van der Waals surface area contributed by atoms with Crippen molar-refractivity contribution >= 4 is 23.7 Å². The lowest BCUT2D eigenvalue weighted by Crippen LogP contribution is -2.57. The fourth-order valence-corrected chi connectivity index (χ4v) is 3.96. The number of benzene rings is 1. The number of carboxylic acid groups (broad SMARTS) is 1. The third-order valence-electron chi connectivity index (χ3n) is 5.90. The lowest BCUT2D eigenvalue weighted by Gasteiger charge is -2.28. The van der Waals surface area contributed by atoms with Crippen LogP contribution in [-0.2, 0) is 32.0 Å². The number of amides is 3. The Bertz CT molecular complexity index is 1040. The fraction of sp³-hybridized carbons (Fsp3) is 0.435. The zero-order valence-corrected chi connectivity index (χ0v) is 19.3. The fourth-order valence-electron chi connectivity index (χ4n) is 3.96. The molecule has 1 aliphatic rings. The van der Waals surface area contributed by atoms with Crippen molar-refractivity contribution in [1.29, 1.82) is 0 Å². The molecule has 0 aliphatic carbocycles. The predicted octanol–water partition coefficient (Wildman–Crippen LogP) is -0.707. The number of carbonyl (C=O) groups excluding carboxylic acids is 3. The monoisotopic (exact) mass is 486 g/mol. The summed E-state index contributed by atoms with van der Waals surface area (Å²) in [6, 6.07) is 2.20. The number of nitrogens with two attached hydrogens (primary N) is 1. The smallest absolute Gasteiger partial charge is 0.326 e. The Morgan fingerprint density at radius 3 is 2.51 bits per heavy atom. The van der Waals surface area contributed by atoms with E-state index in [1.54, 1.807) is 18.3 Å². The number of aromatic hydroxyl groups is 1. The van der Waals surface area contributed by atoms with Crippen LogP contribution in [0.4, 0.5) is 0 Å². The van der Waals surface area contributed by atoms with Crippen molar-refractivity contribution < 1.29 is 29.4 Å². The number of carboxylic acids is 1. The summed E-state index contributed by atoms with van der Waals surface area (Å²) < 4.78 is 0. The number of likely N-dealkylation sites (tertiary alicyclic amines) is 1. The first-order chi connectivity index (χ1) is 16.7. The molecule has 2 heterocycles. The minimum absolute atomic E-state index is 0.0500. The second kappa shape index (κ2) is 11.5. The Balaban J connectivity index is 1.68. The van der Waals surface area contributed by atoms with Gasteiger partial charge in [-0.25, -0.2) is 9.78 Å². The highest BCUT2D eigenvalue weighted by Crippen LogP contribution is 2.20. The van der Waals surface area contributed by atoms with Crippen LogP contribution in [0.2, 0.25) is 0 Å². The number of carbonyl (C=O) groups is 4. The van der Waals surface area contributed by atoms with Crippen molar-refractivity contribution in [2.45, 2.75) is 56.8 Å². The summed E-state index contributed by atoms with van der Waals surface area (Å²) in [5.74, 6) is -2.73. The largest absolute Gasteiger partial charge is 0.508 e. The molecule has 1 fully saturated rings. The molecule has 4 atom stereocenters. The number of nitrogens with one attached hydrogen (secondary N) is 3. The molecule has 188 valence electrons. The SMILES string of the molecule is CC(NC(=O)C(N)Cc1cnc[nH]1)C(=O)NC(Cc1ccc(O)cc1)C(=O)N1CCCC1C(=O)O. The van der Waals surface area contributed by atoms with E-state index in [-0.39, 0.29) is 25.1 Å². The molecule has 2 aromatic rings. The highest BCUT2D eigenvalue weighted by molar-refractivity contribution is 5.94. The molecule has 12 nitrogen and oxygen atoms in total. The Morgan fingerprint density at radius 2 is 1.89 bits per heavy atom. The number of aromatic amines is 1. The van der Waals surface area contributed by atoms with E-state index >= 15 is 0 Å². The Labute approximate surface area is 201 Å². The molecule has 0 spiro atoms. The molecule has 7 N–H and O–H groups in total. The summed E-state index contributed by atoms with van der Waals surface area (Å²) in [5, 5.41) is 24.2. The third-order valence-corrected chi connectivity index (χ3v) is 5.90. The van der Waals surface area contributed by atoms with Gasteiger partial charge in [0.15, 0.2) is 0 Å². The van der Waals surface area contributed by atoms with Crippen LogP contribution in [0.15, 0.2) is 36.8 Å². The van der Waals surface area contributed by atoms with Crippen molar-refractivity contribution in [3.05, 3.63) is 48.0 Å². The summed E-state index contributed by atoms with van der Waals surface area (Å²) in [7, 11) is 0. The van der Waals surface area contributed by atoms with Crippen LogP contribution in [0.5, 0.6) is 5.75 Å². The van der Waals surface area contributed by atoms with Crippen molar-refractivity contribution in [1.82, 2.24) is 25.5 Å². The van der Waals surface area contributed by atoms with Crippen LogP contribution in [0.25, 0.3) is 0 Å². The molecule has 4 unspecified atom stereocenters. The van der Waals surface area contributed by atoms with Gasteiger partial charge >= 0.3 is 5.97 Å². The molecule has 0 saturated carbocycles. The number of nitrogens with zero attached hydrogens (tertiary/aromatic N) is 2. The second-order valence-corrected chi connectivity index (χ2v) is 8.58. The van der Waals surface area contributed by atoms with Gasteiger partial charge < -0.3 is 36.5 Å². The first-order valence-corrected chi connectivity index (χ1v) is 11.3. The van der Waals surface area contributed by atoms with Crippen LogP contribution in [-0.4, -0.2) is 79.5 Å². The Hall–Kier alpha value is -3.93. The van der Waals surface area contributed by atoms with Crippen LogP contribution >= 0.6 is 0 Å². The first-order valence-electron chi connectivity index (χ1n) is 11.3. The maximum Gasteiger partial charge on any atom is 0.326 e. The minimum Gasteiger partial charge on any atom is -0.508 e. The molecule has 0 radical (unpaired) electrons. The van der Waals surface area contributed by atoms with Gasteiger partial charge in [0.1, 0.15) is 23.9 Å². The molecule has 0 bridgehead atoms. The van der Waals surface area contributed by atoms with E-state index < -0.39 is 47.9 Å². The lowest BCUT2D eigenvalue weighted by molar-refractivity contribution is -0.149. The maximum atomic E-state index is 13.3. The van der Waals surface area contributed by atoms with Crippen LogP contribution in [0.1, 0.15) is 31.0 Å². The highest BCUT2D eigenvalue weighted by Gasteiger charge is 2.38. The van der Waals surface area contributed by atoms with Gasteiger partial charge in [0.25, 0.3) is 0 Å². The Kier molecular flexibility index (Phi) is 8.42. The summed E-state index contributed by atoms with van der Waals surface area (Å²) in [6.45, 7) is 1.74. The number of rotatable bonds is 10. The predicted molar refractivity (Wildman–Crippen MR) is 124 cm³/mol. The molecule has 3 rings (SSSR count). The van der Waals surface area contributed by atoms with Crippen molar-refractivity contribution in [3.8, 4) is 5.75 Å². The van der Waals surface area contributed by atoms with Crippen LogP contribution < -0.4 is 16.4 Å². The highest BCUT2D eigenvalue weighted by atomic mass is 16.4.